The molecule has 0 spiro atoms. The molecule has 26 heavy (non-hydrogen) atoms. The van der Waals surface area contributed by atoms with E-state index in [9.17, 15) is 9.59 Å². The number of hydrogen-bond donors (Lipinski definition) is 3. The van der Waals surface area contributed by atoms with Crippen molar-refractivity contribution in [1.29, 1.82) is 0 Å². The van der Waals surface area contributed by atoms with Crippen molar-refractivity contribution in [2.24, 2.45) is 11.7 Å². The van der Waals surface area contributed by atoms with Gasteiger partial charge >= 0.3 is 0 Å². The van der Waals surface area contributed by atoms with Gasteiger partial charge in [0.2, 0.25) is 5.91 Å². The Hall–Kier alpha value is -2.93. The van der Waals surface area contributed by atoms with Crippen molar-refractivity contribution in [3.8, 4) is 5.75 Å². The second-order valence-electron chi connectivity index (χ2n) is 6.08. The first-order valence-electron chi connectivity index (χ1n) is 8.10. The average molecular weight is 371 g/mol. The van der Waals surface area contributed by atoms with Gasteiger partial charge in [-0.25, -0.2) is 0 Å². The molecule has 0 heterocycles. The second kappa shape index (κ2) is 8.96. The van der Waals surface area contributed by atoms with Crippen LogP contribution in [0.1, 0.15) is 34.6 Å². The summed E-state index contributed by atoms with van der Waals surface area (Å²) in [5.41, 5.74) is 6.66. The van der Waals surface area contributed by atoms with E-state index in [1.807, 2.05) is 0 Å². The molecule has 0 atom stereocenters. The summed E-state index contributed by atoms with van der Waals surface area (Å²) in [6, 6.07) is 13.4. The van der Waals surface area contributed by atoms with Gasteiger partial charge in [-0.1, -0.05) is 19.9 Å². The van der Waals surface area contributed by atoms with E-state index < -0.39 is 5.91 Å². The number of primary amides is 1. The van der Waals surface area contributed by atoms with Crippen LogP contribution in [0, 0.1) is 5.92 Å². The number of ether oxygens (including phenoxy) is 1. The quantitative estimate of drug-likeness (QED) is 0.679. The molecule has 0 aliphatic rings. The van der Waals surface area contributed by atoms with Gasteiger partial charge in [-0.2, -0.15) is 0 Å². The van der Waals surface area contributed by atoms with Gasteiger partial charge in [0.25, 0.3) is 5.91 Å². The van der Waals surface area contributed by atoms with Crippen molar-refractivity contribution >= 4 is 34.8 Å². The van der Waals surface area contributed by atoms with E-state index in [1.165, 1.54) is 0 Å². The van der Waals surface area contributed by atoms with E-state index in [0.717, 1.165) is 0 Å². The zero-order valence-electron chi connectivity index (χ0n) is 14.6. The van der Waals surface area contributed by atoms with E-state index in [0.29, 0.717) is 35.1 Å². The van der Waals surface area contributed by atoms with Crippen LogP contribution in [-0.4, -0.2) is 23.5 Å². The van der Waals surface area contributed by atoms with Crippen LogP contribution in [0.5, 0.6) is 5.75 Å². The number of nitrogens with one attached hydrogen (secondary N) is 2. The van der Waals surface area contributed by atoms with Gasteiger partial charge in [0.1, 0.15) is 5.75 Å². The standard InChI is InChI=1S/C19H21N3O3S/c1-12(2)11-25-16-5-3-4-14(10-16)18(24)22-19(26)21-15-8-6-13(7-9-15)17(20)23/h3-10,12H,11H2,1-2H3,(H2,20,23)(H2,21,22,24,26). The zero-order chi connectivity index (χ0) is 19.1. The number of rotatable bonds is 6. The molecule has 0 unspecified atom stereocenters. The third-order valence-electron chi connectivity index (χ3n) is 3.33. The Balaban J connectivity index is 1.95. The van der Waals surface area contributed by atoms with Gasteiger partial charge < -0.3 is 15.8 Å². The lowest BCUT2D eigenvalue weighted by Crippen LogP contribution is -2.34. The summed E-state index contributed by atoms with van der Waals surface area (Å²) < 4.78 is 5.62. The highest BCUT2D eigenvalue weighted by Crippen LogP contribution is 2.14. The Kier molecular flexibility index (Phi) is 6.68. The molecule has 2 aromatic rings. The van der Waals surface area contributed by atoms with E-state index in [-0.39, 0.29) is 11.0 Å². The third-order valence-corrected chi connectivity index (χ3v) is 3.54. The molecule has 136 valence electrons. The van der Waals surface area contributed by atoms with Gasteiger partial charge in [0.15, 0.2) is 5.11 Å². The van der Waals surface area contributed by atoms with Crippen LogP contribution in [0.3, 0.4) is 0 Å². The van der Waals surface area contributed by atoms with Crippen LogP contribution in [0.25, 0.3) is 0 Å². The van der Waals surface area contributed by atoms with Crippen LogP contribution in [0.15, 0.2) is 48.5 Å². The minimum atomic E-state index is -0.507. The summed E-state index contributed by atoms with van der Waals surface area (Å²) in [5.74, 6) is 0.177. The number of hydrogen-bond acceptors (Lipinski definition) is 4. The van der Waals surface area contributed by atoms with Gasteiger partial charge in [0, 0.05) is 16.8 Å². The van der Waals surface area contributed by atoms with Crippen molar-refractivity contribution in [2.45, 2.75) is 13.8 Å². The molecule has 0 bridgehead atoms. The second-order valence-corrected chi connectivity index (χ2v) is 6.49. The topological polar surface area (TPSA) is 93.4 Å². The molecule has 0 fully saturated rings. The number of amides is 2. The zero-order valence-corrected chi connectivity index (χ0v) is 15.4. The van der Waals surface area contributed by atoms with Crippen molar-refractivity contribution in [1.82, 2.24) is 5.32 Å². The maximum absolute atomic E-state index is 12.3. The highest BCUT2D eigenvalue weighted by atomic mass is 32.1. The molecule has 4 N–H and O–H groups in total. The summed E-state index contributed by atoms with van der Waals surface area (Å²) >= 11 is 5.15. The Labute approximate surface area is 157 Å². The number of carbonyl (C=O) groups is 2. The van der Waals surface area contributed by atoms with Crippen molar-refractivity contribution in [3.05, 3.63) is 59.7 Å². The molecule has 0 saturated heterocycles. The molecule has 0 aromatic heterocycles. The van der Waals surface area contributed by atoms with Crippen LogP contribution in [-0.2, 0) is 0 Å². The van der Waals surface area contributed by atoms with Crippen molar-refractivity contribution < 1.29 is 14.3 Å². The molecule has 2 aromatic carbocycles. The summed E-state index contributed by atoms with van der Waals surface area (Å²) in [6.45, 7) is 4.68. The van der Waals surface area contributed by atoms with Gasteiger partial charge in [0.05, 0.1) is 6.61 Å². The Morgan fingerprint density at radius 1 is 1.12 bits per heavy atom. The lowest BCUT2D eigenvalue weighted by Gasteiger charge is -2.12. The van der Waals surface area contributed by atoms with Gasteiger partial charge in [-0.15, -0.1) is 0 Å². The van der Waals surface area contributed by atoms with E-state index in [1.54, 1.807) is 48.5 Å². The first-order chi connectivity index (χ1) is 12.3. The highest BCUT2D eigenvalue weighted by Gasteiger charge is 2.10. The Morgan fingerprint density at radius 3 is 2.42 bits per heavy atom. The van der Waals surface area contributed by atoms with Crippen LogP contribution in [0.4, 0.5) is 5.69 Å². The molecule has 2 amide bonds. The summed E-state index contributed by atoms with van der Waals surface area (Å²) in [4.78, 5) is 23.4. The molecular weight excluding hydrogens is 350 g/mol. The van der Waals surface area contributed by atoms with Gasteiger partial charge in [-0.05, 0) is 60.6 Å². The van der Waals surface area contributed by atoms with Crippen molar-refractivity contribution in [2.75, 3.05) is 11.9 Å². The normalized spacial score (nSPS) is 10.3. The molecule has 6 nitrogen and oxygen atoms in total. The number of nitrogens with two attached hydrogens (primary N) is 1. The molecule has 0 aliphatic heterocycles. The summed E-state index contributed by atoms with van der Waals surface area (Å²) in [5, 5.41) is 5.64. The molecule has 0 radical (unpaired) electrons. The fourth-order valence-electron chi connectivity index (χ4n) is 2.05. The van der Waals surface area contributed by atoms with Crippen LogP contribution in [0.2, 0.25) is 0 Å². The maximum atomic E-state index is 12.3. The largest absolute Gasteiger partial charge is 0.493 e. The number of benzene rings is 2. The maximum Gasteiger partial charge on any atom is 0.257 e. The molecule has 0 saturated carbocycles. The number of thiocarbonyl (C=S) groups is 1. The number of anilines is 1. The molecule has 7 heteroatoms. The van der Waals surface area contributed by atoms with Crippen LogP contribution < -0.4 is 21.1 Å². The molecule has 2 rings (SSSR count). The SMILES string of the molecule is CC(C)COc1cccc(C(=O)NC(=S)Nc2ccc(C(N)=O)cc2)c1. The summed E-state index contributed by atoms with van der Waals surface area (Å²) in [7, 11) is 0. The Bertz CT molecular complexity index is 804. The fourth-order valence-corrected chi connectivity index (χ4v) is 2.26. The average Bonchev–Trinajstić information content (AvgIpc) is 2.60. The predicted octanol–water partition coefficient (Wildman–Crippen LogP) is 2.95. The predicted molar refractivity (Wildman–Crippen MR) is 105 cm³/mol. The number of carbonyl (C=O) groups excluding carboxylic acids is 2. The highest BCUT2D eigenvalue weighted by molar-refractivity contribution is 7.80. The van der Waals surface area contributed by atoms with E-state index >= 15 is 0 Å². The Morgan fingerprint density at radius 2 is 1.81 bits per heavy atom. The first kappa shape index (κ1) is 19.4. The molecule has 0 aliphatic carbocycles. The molecular formula is C19H21N3O3S. The minimum absolute atomic E-state index is 0.148. The third kappa shape index (κ3) is 5.86. The lowest BCUT2D eigenvalue weighted by atomic mass is 10.2. The van der Waals surface area contributed by atoms with Crippen LogP contribution >= 0.6 is 12.2 Å². The minimum Gasteiger partial charge on any atom is -0.493 e. The summed E-state index contributed by atoms with van der Waals surface area (Å²) in [6.07, 6.45) is 0. The fraction of sp³-hybridized carbons (Fsp3) is 0.211. The van der Waals surface area contributed by atoms with E-state index in [4.69, 9.17) is 22.7 Å². The first-order valence-corrected chi connectivity index (χ1v) is 8.51. The van der Waals surface area contributed by atoms with Crippen molar-refractivity contribution in [3.63, 3.8) is 0 Å². The van der Waals surface area contributed by atoms with Gasteiger partial charge in [-0.3, -0.25) is 14.9 Å². The lowest BCUT2D eigenvalue weighted by molar-refractivity contribution is 0.0974. The monoisotopic (exact) mass is 371 g/mol. The smallest absolute Gasteiger partial charge is 0.257 e. The van der Waals surface area contributed by atoms with E-state index in [2.05, 4.69) is 24.5 Å².